The lowest BCUT2D eigenvalue weighted by atomic mass is 10.1. The van der Waals surface area contributed by atoms with Gasteiger partial charge in [-0.2, -0.15) is 4.98 Å². The van der Waals surface area contributed by atoms with E-state index in [0.717, 1.165) is 10.5 Å². The number of carbonyl (C=O) groups is 3. The lowest BCUT2D eigenvalue weighted by Crippen LogP contribution is -2.40. The number of nitrogens with one attached hydrogen (secondary N) is 1. The van der Waals surface area contributed by atoms with Gasteiger partial charge in [0, 0.05) is 32.7 Å². The third kappa shape index (κ3) is 6.57. The average Bonchev–Trinajstić information content (AvgIpc) is 3.43. The smallest absolute Gasteiger partial charge is 0.303 e. The van der Waals surface area contributed by atoms with Crippen molar-refractivity contribution < 1.29 is 33.3 Å². The summed E-state index contributed by atoms with van der Waals surface area (Å²) in [6, 6.07) is 8.07. The highest BCUT2D eigenvalue weighted by atomic mass is 32.2. The lowest BCUT2D eigenvalue weighted by Gasteiger charge is -2.24. The minimum Gasteiger partial charge on any atom is -0.463 e. The molecule has 0 unspecified atom stereocenters. The molecule has 1 saturated heterocycles. The van der Waals surface area contributed by atoms with Gasteiger partial charge in [-0.15, -0.1) is 11.8 Å². The molecule has 1 aliphatic heterocycles. The summed E-state index contributed by atoms with van der Waals surface area (Å²) in [5, 5.41) is 0. The zero-order chi connectivity index (χ0) is 28.3. The van der Waals surface area contributed by atoms with Crippen LogP contribution in [0.3, 0.4) is 0 Å². The third-order valence-corrected chi connectivity index (χ3v) is 6.96. The molecule has 13 nitrogen and oxygen atoms in total. The number of nitrogens with zero attached hydrogens (tertiary/aromatic N) is 4. The second-order valence-electron chi connectivity index (χ2n) is 9.01. The summed E-state index contributed by atoms with van der Waals surface area (Å²) in [6.07, 6.45) is -2.94. The van der Waals surface area contributed by atoms with E-state index in [0.29, 0.717) is 5.88 Å². The maximum Gasteiger partial charge on any atom is 0.303 e. The quantitative estimate of drug-likeness (QED) is 0.176. The van der Waals surface area contributed by atoms with Gasteiger partial charge in [0.25, 0.3) is 5.56 Å². The number of aryl methyl sites for hydroxylation is 1. The number of benzene rings is 1. The van der Waals surface area contributed by atoms with Crippen molar-refractivity contribution in [3.8, 4) is 0 Å². The standard InChI is InChI=1S/C25H29N5O8S/c1-13-6-8-17(9-7-13)39-12-29(5)25-27-22-19(23(34)28-25)26-11-30(22)24-21(37-16(4)33)20(36-15(3)32)18(38-24)10-35-14(2)31/h6-9,11,18,20-21,24H,10,12H2,1-5H3,(H,27,28,34)/t18-,20-,21-,24-/m1/s1. The molecular weight excluding hydrogens is 530 g/mol. The number of H-pyrrole nitrogens is 1. The molecule has 39 heavy (non-hydrogen) atoms. The molecule has 4 atom stereocenters. The van der Waals surface area contributed by atoms with Crippen molar-refractivity contribution in [1.82, 2.24) is 19.5 Å². The molecule has 4 rings (SSSR count). The van der Waals surface area contributed by atoms with Gasteiger partial charge in [0.05, 0.1) is 12.2 Å². The van der Waals surface area contributed by atoms with Gasteiger partial charge in [-0.1, -0.05) is 17.7 Å². The number of rotatable bonds is 9. The fourth-order valence-electron chi connectivity index (χ4n) is 4.07. The molecule has 0 saturated carbocycles. The Morgan fingerprint density at radius 3 is 2.38 bits per heavy atom. The van der Waals surface area contributed by atoms with Gasteiger partial charge < -0.3 is 23.8 Å². The van der Waals surface area contributed by atoms with Crippen LogP contribution in [0.15, 0.2) is 40.3 Å². The highest BCUT2D eigenvalue weighted by Crippen LogP contribution is 2.36. The fraction of sp³-hybridized carbons (Fsp3) is 0.440. The molecule has 0 amide bonds. The Hall–Kier alpha value is -3.91. The Morgan fingerprint density at radius 2 is 1.74 bits per heavy atom. The van der Waals surface area contributed by atoms with Crippen molar-refractivity contribution in [3.05, 3.63) is 46.5 Å². The Balaban J connectivity index is 1.67. The Bertz CT molecular complexity index is 1420. The van der Waals surface area contributed by atoms with Gasteiger partial charge >= 0.3 is 17.9 Å². The molecule has 0 aliphatic carbocycles. The highest BCUT2D eigenvalue weighted by molar-refractivity contribution is 7.99. The van der Waals surface area contributed by atoms with E-state index in [1.54, 1.807) is 23.7 Å². The summed E-state index contributed by atoms with van der Waals surface area (Å²) in [6.45, 7) is 5.39. The van der Waals surface area contributed by atoms with E-state index >= 15 is 0 Å². The number of anilines is 1. The molecule has 3 aromatic rings. The van der Waals surface area contributed by atoms with Crippen molar-refractivity contribution in [1.29, 1.82) is 0 Å². The average molecular weight is 560 g/mol. The van der Waals surface area contributed by atoms with Crippen LogP contribution < -0.4 is 10.5 Å². The van der Waals surface area contributed by atoms with Crippen molar-refractivity contribution in [2.75, 3.05) is 24.4 Å². The number of ether oxygens (including phenoxy) is 4. The van der Waals surface area contributed by atoms with E-state index in [-0.39, 0.29) is 23.7 Å². The number of aromatic nitrogens is 4. The van der Waals surface area contributed by atoms with Crippen molar-refractivity contribution >= 4 is 46.8 Å². The van der Waals surface area contributed by atoms with E-state index in [1.165, 1.54) is 31.7 Å². The van der Waals surface area contributed by atoms with Crippen LogP contribution in [0.2, 0.25) is 0 Å². The van der Waals surface area contributed by atoms with Crippen LogP contribution in [-0.2, 0) is 33.3 Å². The molecule has 0 spiro atoms. The SMILES string of the molecule is CC(=O)OC[C@H]1O[C@@H](n2cnc3c(=O)[nH]c(N(C)CSc4ccc(C)cc4)nc32)[C@H](OC(C)=O)[C@@H]1OC(C)=O. The van der Waals surface area contributed by atoms with Gasteiger partial charge in [0.2, 0.25) is 5.95 Å². The van der Waals surface area contributed by atoms with E-state index in [2.05, 4.69) is 15.0 Å². The molecule has 1 aromatic carbocycles. The van der Waals surface area contributed by atoms with Crippen LogP contribution in [0.25, 0.3) is 11.2 Å². The molecule has 2 aromatic heterocycles. The first-order chi connectivity index (χ1) is 18.5. The highest BCUT2D eigenvalue weighted by Gasteiger charge is 2.51. The first-order valence-corrected chi connectivity index (χ1v) is 13.0. The first kappa shape index (κ1) is 28.1. The van der Waals surface area contributed by atoms with Gasteiger partial charge in [0.15, 0.2) is 29.6 Å². The lowest BCUT2D eigenvalue weighted by molar-refractivity contribution is -0.166. The Labute approximate surface area is 227 Å². The fourth-order valence-corrected chi connectivity index (χ4v) is 4.86. The molecule has 1 aliphatic rings. The predicted octanol–water partition coefficient (Wildman–Crippen LogP) is 1.94. The second kappa shape index (κ2) is 11.9. The molecule has 0 radical (unpaired) electrons. The molecule has 0 bridgehead atoms. The van der Waals surface area contributed by atoms with Crippen molar-refractivity contribution in [2.45, 2.75) is 57.1 Å². The third-order valence-electron chi connectivity index (χ3n) is 5.84. The Kier molecular flexibility index (Phi) is 8.55. The maximum absolute atomic E-state index is 12.9. The Morgan fingerprint density at radius 1 is 1.08 bits per heavy atom. The first-order valence-electron chi connectivity index (χ1n) is 12.0. The maximum atomic E-state index is 12.9. The van der Waals surface area contributed by atoms with Crippen LogP contribution in [0.4, 0.5) is 5.95 Å². The molecule has 1 fully saturated rings. The largest absolute Gasteiger partial charge is 0.463 e. The number of esters is 3. The van der Waals surface area contributed by atoms with Crippen LogP contribution in [0.5, 0.6) is 0 Å². The summed E-state index contributed by atoms with van der Waals surface area (Å²) < 4.78 is 23.5. The minimum absolute atomic E-state index is 0.0379. The van der Waals surface area contributed by atoms with Crippen molar-refractivity contribution in [3.63, 3.8) is 0 Å². The van der Waals surface area contributed by atoms with E-state index in [9.17, 15) is 19.2 Å². The van der Waals surface area contributed by atoms with Gasteiger partial charge in [0.1, 0.15) is 12.7 Å². The number of imidazole rings is 1. The molecule has 208 valence electrons. The van der Waals surface area contributed by atoms with Gasteiger partial charge in [-0.25, -0.2) is 4.98 Å². The van der Waals surface area contributed by atoms with Crippen LogP contribution in [-0.4, -0.2) is 75.3 Å². The van der Waals surface area contributed by atoms with Crippen molar-refractivity contribution in [2.24, 2.45) is 0 Å². The van der Waals surface area contributed by atoms with Gasteiger partial charge in [-0.3, -0.25) is 28.7 Å². The van der Waals surface area contributed by atoms with E-state index in [4.69, 9.17) is 18.9 Å². The van der Waals surface area contributed by atoms with Crippen LogP contribution in [0, 0.1) is 6.92 Å². The number of carbonyl (C=O) groups excluding carboxylic acids is 3. The van der Waals surface area contributed by atoms with E-state index in [1.807, 2.05) is 31.2 Å². The summed E-state index contributed by atoms with van der Waals surface area (Å²) in [5.74, 6) is -1.09. The zero-order valence-electron chi connectivity index (χ0n) is 22.1. The van der Waals surface area contributed by atoms with E-state index < -0.39 is 48.0 Å². The molecular formula is C25H29N5O8S. The summed E-state index contributed by atoms with van der Waals surface area (Å²) in [4.78, 5) is 62.5. The van der Waals surface area contributed by atoms with Crippen LogP contribution in [0.1, 0.15) is 32.6 Å². The van der Waals surface area contributed by atoms with Gasteiger partial charge in [-0.05, 0) is 19.1 Å². The number of hydrogen-bond donors (Lipinski definition) is 1. The number of aromatic amines is 1. The summed E-state index contributed by atoms with van der Waals surface area (Å²) >= 11 is 1.57. The number of hydrogen-bond acceptors (Lipinski definition) is 12. The topological polar surface area (TPSA) is 155 Å². The molecule has 3 heterocycles. The monoisotopic (exact) mass is 559 g/mol. The number of thioether (sulfide) groups is 1. The predicted molar refractivity (Wildman–Crippen MR) is 140 cm³/mol. The van der Waals surface area contributed by atoms with Crippen LogP contribution >= 0.6 is 11.8 Å². The summed E-state index contributed by atoms with van der Waals surface area (Å²) in [5.41, 5.74) is 0.884. The number of fused-ring (bicyclic) bond motifs is 1. The minimum atomic E-state index is -1.14. The molecule has 1 N–H and O–H groups in total. The second-order valence-corrected chi connectivity index (χ2v) is 10.0. The zero-order valence-corrected chi connectivity index (χ0v) is 22.9. The molecule has 14 heteroatoms. The normalized spacial score (nSPS) is 20.5. The summed E-state index contributed by atoms with van der Waals surface area (Å²) in [7, 11) is 1.78.